The molecular formula is C14H9ClFIN2OS. The molecule has 0 saturated heterocycles. The first-order valence-corrected chi connectivity index (χ1v) is 7.65. The number of nitrogens with one attached hydrogen (secondary N) is 2. The smallest absolute Gasteiger partial charge is 0.257 e. The molecule has 0 bridgehead atoms. The molecule has 3 nitrogen and oxygen atoms in total. The molecule has 2 N–H and O–H groups in total. The number of halogens is 3. The van der Waals surface area contributed by atoms with E-state index in [-0.39, 0.29) is 10.8 Å². The fourth-order valence-corrected chi connectivity index (χ4v) is 2.40. The van der Waals surface area contributed by atoms with Gasteiger partial charge in [-0.25, -0.2) is 4.39 Å². The molecule has 0 saturated carbocycles. The molecule has 2 aromatic rings. The van der Waals surface area contributed by atoms with Gasteiger partial charge >= 0.3 is 0 Å². The summed E-state index contributed by atoms with van der Waals surface area (Å²) in [5, 5.41) is 5.57. The average molecular weight is 435 g/mol. The number of hydrogen-bond acceptors (Lipinski definition) is 2. The second-order valence-electron chi connectivity index (χ2n) is 4.04. The highest BCUT2D eigenvalue weighted by Crippen LogP contribution is 2.17. The summed E-state index contributed by atoms with van der Waals surface area (Å²) in [5.74, 6) is -0.859. The maximum absolute atomic E-state index is 13.7. The van der Waals surface area contributed by atoms with Crippen LogP contribution in [0.15, 0.2) is 42.5 Å². The van der Waals surface area contributed by atoms with Crippen molar-refractivity contribution in [3.8, 4) is 0 Å². The standard InChI is InChI=1S/C14H9ClFIN2OS/c15-9-3-1-2-8(6-9)13(20)19-14(21)18-12-5-4-10(17)7-11(12)16/h1-7H,(H2,18,19,20,21). The van der Waals surface area contributed by atoms with E-state index in [9.17, 15) is 9.18 Å². The van der Waals surface area contributed by atoms with Crippen molar-refractivity contribution in [2.45, 2.75) is 0 Å². The third kappa shape index (κ3) is 4.62. The number of thiocarbonyl (C=S) groups is 1. The van der Waals surface area contributed by atoms with Gasteiger partial charge in [-0.15, -0.1) is 0 Å². The average Bonchev–Trinajstić information content (AvgIpc) is 2.42. The molecule has 0 atom stereocenters. The highest BCUT2D eigenvalue weighted by atomic mass is 127. The van der Waals surface area contributed by atoms with Gasteiger partial charge in [0.15, 0.2) is 5.11 Å². The maximum Gasteiger partial charge on any atom is 0.257 e. The molecule has 0 fully saturated rings. The van der Waals surface area contributed by atoms with E-state index in [0.29, 0.717) is 10.6 Å². The van der Waals surface area contributed by atoms with Gasteiger partial charge in [-0.05, 0) is 71.2 Å². The van der Waals surface area contributed by atoms with Crippen molar-refractivity contribution in [2.75, 3.05) is 5.32 Å². The molecule has 2 aromatic carbocycles. The normalized spacial score (nSPS) is 10.0. The molecule has 0 aliphatic carbocycles. The van der Waals surface area contributed by atoms with Crippen LogP contribution in [-0.2, 0) is 0 Å². The zero-order valence-corrected chi connectivity index (χ0v) is 14.2. The highest BCUT2D eigenvalue weighted by Gasteiger charge is 2.10. The van der Waals surface area contributed by atoms with Crippen LogP contribution in [-0.4, -0.2) is 11.0 Å². The summed E-state index contributed by atoms with van der Waals surface area (Å²) in [6.07, 6.45) is 0. The second-order valence-corrected chi connectivity index (χ2v) is 6.13. The molecule has 0 spiro atoms. The Morgan fingerprint density at radius 1 is 1.24 bits per heavy atom. The van der Waals surface area contributed by atoms with Crippen LogP contribution in [0.4, 0.5) is 10.1 Å². The number of carbonyl (C=O) groups is 1. The minimum absolute atomic E-state index is 0.0140. The number of amides is 1. The topological polar surface area (TPSA) is 41.1 Å². The minimum atomic E-state index is -0.443. The van der Waals surface area contributed by atoms with Gasteiger partial charge in [0.25, 0.3) is 5.91 Å². The van der Waals surface area contributed by atoms with Crippen LogP contribution < -0.4 is 10.6 Å². The molecule has 108 valence electrons. The molecule has 0 radical (unpaired) electrons. The number of rotatable bonds is 2. The zero-order valence-electron chi connectivity index (χ0n) is 10.5. The predicted octanol–water partition coefficient (Wildman–Crippen LogP) is 4.21. The minimum Gasteiger partial charge on any atom is -0.330 e. The van der Waals surface area contributed by atoms with Crippen molar-refractivity contribution in [1.29, 1.82) is 0 Å². The molecule has 1 amide bonds. The van der Waals surface area contributed by atoms with Gasteiger partial charge in [-0.1, -0.05) is 17.7 Å². The van der Waals surface area contributed by atoms with Crippen molar-refractivity contribution in [1.82, 2.24) is 5.32 Å². The Hall–Kier alpha value is -1.25. The van der Waals surface area contributed by atoms with E-state index in [1.807, 2.05) is 22.6 Å². The Labute approximate surface area is 145 Å². The monoisotopic (exact) mass is 434 g/mol. The summed E-state index contributed by atoms with van der Waals surface area (Å²) in [7, 11) is 0. The van der Waals surface area contributed by atoms with Gasteiger partial charge in [0.1, 0.15) is 5.82 Å². The fraction of sp³-hybridized carbons (Fsp3) is 0. The van der Waals surface area contributed by atoms with Gasteiger partial charge in [-0.2, -0.15) is 0 Å². The van der Waals surface area contributed by atoms with E-state index in [1.165, 1.54) is 12.1 Å². The Morgan fingerprint density at radius 3 is 2.67 bits per heavy atom. The number of anilines is 1. The lowest BCUT2D eigenvalue weighted by Gasteiger charge is -2.10. The molecule has 0 aromatic heterocycles. The molecule has 0 heterocycles. The van der Waals surface area contributed by atoms with Crippen LogP contribution in [0.5, 0.6) is 0 Å². The molecule has 0 unspecified atom stereocenters. The SMILES string of the molecule is O=C(NC(=S)Nc1ccc(I)cc1F)c1cccc(Cl)c1. The van der Waals surface area contributed by atoms with Crippen molar-refractivity contribution in [3.05, 3.63) is 62.4 Å². The lowest BCUT2D eigenvalue weighted by molar-refractivity contribution is 0.0977. The molecule has 21 heavy (non-hydrogen) atoms. The molecule has 0 aliphatic rings. The summed E-state index contributed by atoms with van der Waals surface area (Å²) in [4.78, 5) is 11.9. The summed E-state index contributed by atoms with van der Waals surface area (Å²) >= 11 is 12.8. The fourth-order valence-electron chi connectivity index (χ4n) is 1.55. The third-order valence-corrected chi connectivity index (χ3v) is 3.60. The Morgan fingerprint density at radius 2 is 2.00 bits per heavy atom. The Balaban J connectivity index is 2.03. The van der Waals surface area contributed by atoms with Crippen LogP contribution in [0.3, 0.4) is 0 Å². The first-order valence-electron chi connectivity index (χ1n) is 5.78. The Kier molecular flexibility index (Phi) is 5.49. The van der Waals surface area contributed by atoms with E-state index < -0.39 is 11.7 Å². The van der Waals surface area contributed by atoms with Crippen LogP contribution >= 0.6 is 46.4 Å². The summed E-state index contributed by atoms with van der Waals surface area (Å²) in [5.41, 5.74) is 0.571. The number of benzene rings is 2. The maximum atomic E-state index is 13.7. The summed E-state index contributed by atoms with van der Waals surface area (Å²) < 4.78 is 14.4. The van der Waals surface area contributed by atoms with E-state index in [0.717, 1.165) is 3.57 Å². The number of hydrogen-bond donors (Lipinski definition) is 2. The summed E-state index contributed by atoms with van der Waals surface area (Å²) in [6.45, 7) is 0. The highest BCUT2D eigenvalue weighted by molar-refractivity contribution is 14.1. The van der Waals surface area contributed by atoms with Gasteiger partial charge in [0.05, 0.1) is 5.69 Å². The van der Waals surface area contributed by atoms with Crippen molar-refractivity contribution < 1.29 is 9.18 Å². The molecule has 7 heteroatoms. The van der Waals surface area contributed by atoms with Crippen molar-refractivity contribution >= 4 is 63.1 Å². The van der Waals surface area contributed by atoms with E-state index in [4.69, 9.17) is 23.8 Å². The van der Waals surface area contributed by atoms with E-state index >= 15 is 0 Å². The van der Waals surface area contributed by atoms with Gasteiger partial charge < -0.3 is 5.32 Å². The molecule has 2 rings (SSSR count). The van der Waals surface area contributed by atoms with Gasteiger partial charge in [0, 0.05) is 14.2 Å². The predicted molar refractivity (Wildman–Crippen MR) is 94.3 cm³/mol. The lowest BCUT2D eigenvalue weighted by atomic mass is 10.2. The van der Waals surface area contributed by atoms with E-state index in [1.54, 1.807) is 30.3 Å². The molecule has 0 aliphatic heterocycles. The van der Waals surface area contributed by atoms with E-state index in [2.05, 4.69) is 10.6 Å². The van der Waals surface area contributed by atoms with Crippen LogP contribution in [0.25, 0.3) is 0 Å². The molecular weight excluding hydrogens is 426 g/mol. The van der Waals surface area contributed by atoms with Crippen LogP contribution in [0.2, 0.25) is 5.02 Å². The zero-order chi connectivity index (χ0) is 15.4. The quantitative estimate of drug-likeness (QED) is 0.550. The lowest BCUT2D eigenvalue weighted by Crippen LogP contribution is -2.34. The van der Waals surface area contributed by atoms with Crippen LogP contribution in [0, 0.1) is 9.39 Å². The second kappa shape index (κ2) is 7.15. The van der Waals surface area contributed by atoms with Gasteiger partial charge in [-0.3, -0.25) is 10.1 Å². The van der Waals surface area contributed by atoms with Crippen LogP contribution in [0.1, 0.15) is 10.4 Å². The first-order chi connectivity index (χ1) is 9.95. The first kappa shape index (κ1) is 16.1. The van der Waals surface area contributed by atoms with Gasteiger partial charge in [0.2, 0.25) is 0 Å². The Bertz CT molecular complexity index is 711. The number of carbonyl (C=O) groups excluding carboxylic acids is 1. The van der Waals surface area contributed by atoms with Crippen molar-refractivity contribution in [2.24, 2.45) is 0 Å². The van der Waals surface area contributed by atoms with Crippen molar-refractivity contribution in [3.63, 3.8) is 0 Å². The largest absolute Gasteiger partial charge is 0.330 e. The third-order valence-electron chi connectivity index (χ3n) is 2.49. The summed E-state index contributed by atoms with van der Waals surface area (Å²) in [6, 6.07) is 11.1.